The van der Waals surface area contributed by atoms with Crippen LogP contribution in [-0.4, -0.2) is 37.1 Å². The number of benzene rings is 3. The number of methoxy groups -OCH3 is 1. The third kappa shape index (κ3) is 6.27. The summed E-state index contributed by atoms with van der Waals surface area (Å²) in [5, 5.41) is 17.8. The van der Waals surface area contributed by atoms with Crippen molar-refractivity contribution in [3.63, 3.8) is 0 Å². The predicted octanol–water partition coefficient (Wildman–Crippen LogP) is 5.17. The first kappa shape index (κ1) is 24.0. The Morgan fingerprint density at radius 1 is 1.09 bits per heavy atom. The third-order valence-electron chi connectivity index (χ3n) is 5.70. The van der Waals surface area contributed by atoms with Crippen LogP contribution < -0.4 is 24.8 Å². The molecule has 4 rings (SSSR count). The first-order chi connectivity index (χ1) is 17.0. The summed E-state index contributed by atoms with van der Waals surface area (Å²) in [5.74, 6) is 1.20. The topological polar surface area (TPSA) is 112 Å². The van der Waals surface area contributed by atoms with E-state index < -0.39 is 10.8 Å². The van der Waals surface area contributed by atoms with Crippen molar-refractivity contribution in [2.75, 3.05) is 25.6 Å². The molecule has 1 aliphatic rings. The summed E-state index contributed by atoms with van der Waals surface area (Å²) in [5.41, 5.74) is -0.0160. The van der Waals surface area contributed by atoms with E-state index >= 15 is 0 Å². The maximum Gasteiger partial charge on any atom is 0.285 e. The summed E-state index contributed by atoms with van der Waals surface area (Å²) < 4.78 is 16.9. The highest BCUT2D eigenvalue weighted by molar-refractivity contribution is 6.07. The van der Waals surface area contributed by atoms with Crippen molar-refractivity contribution in [3.05, 3.63) is 82.4 Å². The van der Waals surface area contributed by atoms with Crippen molar-refractivity contribution in [2.45, 2.75) is 25.3 Å². The van der Waals surface area contributed by atoms with Gasteiger partial charge in [0, 0.05) is 17.8 Å². The van der Waals surface area contributed by atoms with Gasteiger partial charge in [0.05, 0.1) is 24.7 Å². The number of hydrogen-bond donors (Lipinski definition) is 2. The lowest BCUT2D eigenvalue weighted by Crippen LogP contribution is -2.23. The van der Waals surface area contributed by atoms with Gasteiger partial charge in [-0.3, -0.25) is 14.9 Å². The van der Waals surface area contributed by atoms with Gasteiger partial charge in [0.15, 0.2) is 11.5 Å². The number of nitrogens with zero attached hydrogens (tertiary/aromatic N) is 1. The molecule has 0 radical (unpaired) electrons. The van der Waals surface area contributed by atoms with E-state index in [2.05, 4.69) is 10.6 Å². The molecule has 1 amide bonds. The van der Waals surface area contributed by atoms with Crippen molar-refractivity contribution >= 4 is 17.3 Å². The molecule has 0 saturated carbocycles. The largest absolute Gasteiger partial charge is 0.493 e. The molecule has 3 aromatic rings. The summed E-state index contributed by atoms with van der Waals surface area (Å²) >= 11 is 0. The van der Waals surface area contributed by atoms with E-state index in [9.17, 15) is 14.9 Å². The van der Waals surface area contributed by atoms with Gasteiger partial charge in [-0.05, 0) is 62.2 Å². The maximum atomic E-state index is 12.9. The number of para-hydroxylation sites is 1. The Balaban J connectivity index is 1.44. The molecular weight excluding hydrogens is 450 g/mol. The van der Waals surface area contributed by atoms with Gasteiger partial charge >= 0.3 is 0 Å². The van der Waals surface area contributed by atoms with Crippen LogP contribution in [0.4, 0.5) is 11.4 Å². The second-order valence-electron chi connectivity index (χ2n) is 8.10. The zero-order valence-corrected chi connectivity index (χ0v) is 19.4. The van der Waals surface area contributed by atoms with E-state index in [-0.39, 0.29) is 17.0 Å². The zero-order valence-electron chi connectivity index (χ0n) is 19.4. The number of hydrogen-bond acceptors (Lipinski definition) is 7. The molecule has 0 aliphatic carbocycles. The molecule has 3 aromatic carbocycles. The molecule has 182 valence electrons. The normalized spacial score (nSPS) is 14.8. The molecule has 1 unspecified atom stereocenters. The van der Waals surface area contributed by atoms with E-state index in [0.29, 0.717) is 35.6 Å². The monoisotopic (exact) mass is 477 g/mol. The van der Waals surface area contributed by atoms with Crippen LogP contribution >= 0.6 is 0 Å². The molecular formula is C26H27N3O6. The van der Waals surface area contributed by atoms with Crippen molar-refractivity contribution in [1.29, 1.82) is 0 Å². The maximum absolute atomic E-state index is 12.9. The first-order valence-electron chi connectivity index (χ1n) is 11.4. The number of nitrogens with one attached hydrogen (secondary N) is 2. The SMILES string of the molecule is COc1cc(NC(=O)c2ccc(Oc3ccccc3)cc2[N+](=O)[O-])ccc1OCCC1CCCN1. The van der Waals surface area contributed by atoms with E-state index in [1.807, 2.05) is 6.07 Å². The Labute approximate surface area is 203 Å². The van der Waals surface area contributed by atoms with Crippen LogP contribution in [0.5, 0.6) is 23.0 Å². The van der Waals surface area contributed by atoms with Crippen LogP contribution in [-0.2, 0) is 0 Å². The Morgan fingerprint density at radius 3 is 2.63 bits per heavy atom. The van der Waals surface area contributed by atoms with Crippen LogP contribution in [0.2, 0.25) is 0 Å². The predicted molar refractivity (Wildman–Crippen MR) is 132 cm³/mol. The van der Waals surface area contributed by atoms with Gasteiger partial charge < -0.3 is 24.8 Å². The molecule has 0 aromatic heterocycles. The molecule has 35 heavy (non-hydrogen) atoms. The summed E-state index contributed by atoms with van der Waals surface area (Å²) in [7, 11) is 1.52. The Bertz CT molecular complexity index is 1180. The first-order valence-corrected chi connectivity index (χ1v) is 11.4. The van der Waals surface area contributed by atoms with Crippen molar-refractivity contribution in [3.8, 4) is 23.0 Å². The number of anilines is 1. The lowest BCUT2D eigenvalue weighted by molar-refractivity contribution is -0.385. The Kier molecular flexibility index (Phi) is 7.79. The van der Waals surface area contributed by atoms with Crippen LogP contribution in [0.25, 0.3) is 0 Å². The average molecular weight is 478 g/mol. The molecule has 9 nitrogen and oxygen atoms in total. The van der Waals surface area contributed by atoms with Gasteiger partial charge in [0.2, 0.25) is 0 Å². The fourth-order valence-corrected chi connectivity index (χ4v) is 3.92. The lowest BCUT2D eigenvalue weighted by atomic mass is 10.1. The van der Waals surface area contributed by atoms with Gasteiger partial charge in [-0.1, -0.05) is 18.2 Å². The highest BCUT2D eigenvalue weighted by Gasteiger charge is 2.22. The second kappa shape index (κ2) is 11.3. The molecule has 0 bridgehead atoms. The number of nitro benzene ring substituents is 1. The summed E-state index contributed by atoms with van der Waals surface area (Å²) in [6.45, 7) is 1.59. The zero-order chi connectivity index (χ0) is 24.6. The lowest BCUT2D eigenvalue weighted by Gasteiger charge is -2.15. The highest BCUT2D eigenvalue weighted by atomic mass is 16.6. The van der Waals surface area contributed by atoms with Gasteiger partial charge in [0.25, 0.3) is 11.6 Å². The quantitative estimate of drug-likeness (QED) is 0.306. The second-order valence-corrected chi connectivity index (χ2v) is 8.10. The van der Waals surface area contributed by atoms with Crippen LogP contribution in [0.1, 0.15) is 29.6 Å². The van der Waals surface area contributed by atoms with Gasteiger partial charge in [-0.25, -0.2) is 0 Å². The minimum absolute atomic E-state index is 0.0845. The van der Waals surface area contributed by atoms with Gasteiger partial charge in [-0.2, -0.15) is 0 Å². The number of rotatable bonds is 10. The van der Waals surface area contributed by atoms with Crippen LogP contribution in [0.3, 0.4) is 0 Å². The Morgan fingerprint density at radius 2 is 1.91 bits per heavy atom. The molecule has 1 fully saturated rings. The van der Waals surface area contributed by atoms with Crippen LogP contribution in [0.15, 0.2) is 66.7 Å². The molecule has 1 saturated heterocycles. The number of amides is 1. The van der Waals surface area contributed by atoms with E-state index in [4.69, 9.17) is 14.2 Å². The molecule has 1 heterocycles. The van der Waals surface area contributed by atoms with Crippen molar-refractivity contribution in [1.82, 2.24) is 5.32 Å². The van der Waals surface area contributed by atoms with E-state index in [1.165, 1.54) is 31.7 Å². The summed E-state index contributed by atoms with van der Waals surface area (Å²) in [6, 6.07) is 18.5. The molecule has 1 aliphatic heterocycles. The number of carbonyl (C=O) groups excluding carboxylic acids is 1. The standard InChI is InChI=1S/C26H27N3O6/c1-33-25-16-19(9-12-24(25)34-15-13-18-6-5-14-27-18)28-26(30)22-11-10-21(17-23(22)29(31)32)35-20-7-3-2-4-8-20/h2-4,7-12,16-18,27H,5-6,13-15H2,1H3,(H,28,30). The molecule has 2 N–H and O–H groups in total. The van der Waals surface area contributed by atoms with Gasteiger partial charge in [-0.15, -0.1) is 0 Å². The molecule has 9 heteroatoms. The minimum atomic E-state index is -0.619. The van der Waals surface area contributed by atoms with Gasteiger partial charge in [0.1, 0.15) is 17.1 Å². The summed E-state index contributed by atoms with van der Waals surface area (Å²) in [6.07, 6.45) is 3.23. The Hall–Kier alpha value is -4.11. The highest BCUT2D eigenvalue weighted by Crippen LogP contribution is 2.32. The average Bonchev–Trinajstić information content (AvgIpc) is 3.39. The van der Waals surface area contributed by atoms with E-state index in [0.717, 1.165) is 19.4 Å². The van der Waals surface area contributed by atoms with Crippen molar-refractivity contribution < 1.29 is 23.9 Å². The third-order valence-corrected chi connectivity index (χ3v) is 5.70. The van der Waals surface area contributed by atoms with E-state index in [1.54, 1.807) is 42.5 Å². The number of ether oxygens (including phenoxy) is 3. The minimum Gasteiger partial charge on any atom is -0.493 e. The molecule has 0 spiro atoms. The fourth-order valence-electron chi connectivity index (χ4n) is 3.92. The van der Waals surface area contributed by atoms with Crippen molar-refractivity contribution in [2.24, 2.45) is 0 Å². The summed E-state index contributed by atoms with van der Waals surface area (Å²) in [4.78, 5) is 23.9. The number of nitro groups is 1. The number of carbonyl (C=O) groups is 1. The van der Waals surface area contributed by atoms with Crippen LogP contribution in [0, 0.1) is 10.1 Å². The fraction of sp³-hybridized carbons (Fsp3) is 0.269. The molecule has 1 atom stereocenters. The smallest absolute Gasteiger partial charge is 0.285 e.